The van der Waals surface area contributed by atoms with Crippen LogP contribution in [0.4, 0.5) is 4.79 Å². The third kappa shape index (κ3) is 4.84. The van der Waals surface area contributed by atoms with Crippen molar-refractivity contribution in [2.24, 2.45) is 5.73 Å². The smallest absolute Gasteiger partial charge is 0.407 e. The summed E-state index contributed by atoms with van der Waals surface area (Å²) < 4.78 is 4.99. The molecule has 0 saturated heterocycles. The topological polar surface area (TPSA) is 84.6 Å². The Morgan fingerprint density at radius 3 is 2.71 bits per heavy atom. The molecule has 5 heteroatoms. The van der Waals surface area contributed by atoms with Crippen LogP contribution in [-0.2, 0) is 11.3 Å². The Balaban J connectivity index is 2.31. The summed E-state index contributed by atoms with van der Waals surface area (Å²) in [5.74, 6) is 0. The molecule has 1 rings (SSSR count). The molecule has 0 radical (unpaired) electrons. The molecule has 5 nitrogen and oxygen atoms in total. The number of alkyl carbamates (subject to hydrolysis) is 1. The quantitative estimate of drug-likeness (QED) is 0.702. The monoisotopic (exact) mass is 238 g/mol. The van der Waals surface area contributed by atoms with Gasteiger partial charge in [0, 0.05) is 6.54 Å². The minimum Gasteiger partial charge on any atom is -0.445 e. The molecule has 0 aromatic heterocycles. The Kier molecular flexibility index (Phi) is 5.45. The molecular formula is C12H18N2O3. The van der Waals surface area contributed by atoms with E-state index in [2.05, 4.69) is 5.32 Å². The van der Waals surface area contributed by atoms with Crippen molar-refractivity contribution in [3.63, 3.8) is 0 Å². The highest BCUT2D eigenvalue weighted by Crippen LogP contribution is 2.01. The van der Waals surface area contributed by atoms with Gasteiger partial charge in [-0.05, 0) is 12.5 Å². The number of hydrogen-bond donors (Lipinski definition) is 3. The van der Waals surface area contributed by atoms with Gasteiger partial charge in [-0.1, -0.05) is 30.3 Å². The van der Waals surface area contributed by atoms with E-state index in [9.17, 15) is 9.90 Å². The Morgan fingerprint density at radius 2 is 2.12 bits per heavy atom. The molecule has 0 spiro atoms. The molecular weight excluding hydrogens is 220 g/mol. The number of carbonyl (C=O) groups is 1. The molecule has 17 heavy (non-hydrogen) atoms. The fourth-order valence-corrected chi connectivity index (χ4v) is 1.25. The summed E-state index contributed by atoms with van der Waals surface area (Å²) >= 11 is 0. The van der Waals surface area contributed by atoms with Crippen molar-refractivity contribution in [3.8, 4) is 0 Å². The molecule has 2 unspecified atom stereocenters. The summed E-state index contributed by atoms with van der Waals surface area (Å²) in [5.41, 5.74) is 6.18. The maximum Gasteiger partial charge on any atom is 0.407 e. The largest absolute Gasteiger partial charge is 0.445 e. The number of ether oxygens (including phenoxy) is 1. The lowest BCUT2D eigenvalue weighted by molar-refractivity contribution is 0.110. The molecule has 94 valence electrons. The van der Waals surface area contributed by atoms with Gasteiger partial charge in [-0.25, -0.2) is 4.79 Å². The molecule has 0 heterocycles. The molecule has 0 aliphatic heterocycles. The van der Waals surface area contributed by atoms with Gasteiger partial charge in [0.2, 0.25) is 0 Å². The lowest BCUT2D eigenvalue weighted by Crippen LogP contribution is -2.44. The van der Waals surface area contributed by atoms with Crippen LogP contribution >= 0.6 is 0 Å². The van der Waals surface area contributed by atoms with E-state index < -0.39 is 18.2 Å². The Bertz CT molecular complexity index is 343. The number of carbonyl (C=O) groups excluding carboxylic acids is 1. The predicted molar refractivity (Wildman–Crippen MR) is 64.3 cm³/mol. The molecule has 0 fully saturated rings. The van der Waals surface area contributed by atoms with Crippen molar-refractivity contribution in [1.29, 1.82) is 0 Å². The average molecular weight is 238 g/mol. The number of nitrogens with one attached hydrogen (secondary N) is 1. The van der Waals surface area contributed by atoms with Crippen LogP contribution in [0.2, 0.25) is 0 Å². The molecule has 0 bridgehead atoms. The van der Waals surface area contributed by atoms with Gasteiger partial charge in [0.1, 0.15) is 6.61 Å². The van der Waals surface area contributed by atoms with Crippen molar-refractivity contribution in [3.05, 3.63) is 35.9 Å². The SMILES string of the molecule is CC(NC(=O)OCc1ccccc1)C(O)CN. The first-order valence-corrected chi connectivity index (χ1v) is 5.49. The second kappa shape index (κ2) is 6.88. The number of benzene rings is 1. The van der Waals surface area contributed by atoms with Gasteiger partial charge < -0.3 is 20.9 Å². The normalized spacial score (nSPS) is 13.8. The molecule has 0 saturated carbocycles. The highest BCUT2D eigenvalue weighted by molar-refractivity contribution is 5.67. The van der Waals surface area contributed by atoms with E-state index >= 15 is 0 Å². The first kappa shape index (κ1) is 13.5. The molecule has 2 atom stereocenters. The Hall–Kier alpha value is -1.59. The highest BCUT2D eigenvalue weighted by atomic mass is 16.5. The third-order valence-corrected chi connectivity index (χ3v) is 2.38. The molecule has 0 aliphatic rings. The zero-order chi connectivity index (χ0) is 12.7. The first-order valence-electron chi connectivity index (χ1n) is 5.49. The van der Waals surface area contributed by atoms with Crippen LogP contribution in [-0.4, -0.2) is 29.9 Å². The van der Waals surface area contributed by atoms with E-state index in [1.54, 1.807) is 6.92 Å². The van der Waals surface area contributed by atoms with Crippen molar-refractivity contribution in [2.75, 3.05) is 6.54 Å². The number of amides is 1. The van der Waals surface area contributed by atoms with E-state index in [0.29, 0.717) is 0 Å². The van der Waals surface area contributed by atoms with E-state index in [1.165, 1.54) is 0 Å². The van der Waals surface area contributed by atoms with Gasteiger partial charge in [-0.2, -0.15) is 0 Å². The van der Waals surface area contributed by atoms with Crippen LogP contribution in [0.15, 0.2) is 30.3 Å². The summed E-state index contributed by atoms with van der Waals surface area (Å²) in [6.45, 7) is 1.97. The summed E-state index contributed by atoms with van der Waals surface area (Å²) in [5, 5.41) is 11.9. The van der Waals surface area contributed by atoms with Crippen LogP contribution in [0, 0.1) is 0 Å². The van der Waals surface area contributed by atoms with Crippen LogP contribution in [0.3, 0.4) is 0 Å². The van der Waals surface area contributed by atoms with Gasteiger partial charge in [0.25, 0.3) is 0 Å². The number of aliphatic hydroxyl groups is 1. The van der Waals surface area contributed by atoms with E-state index in [4.69, 9.17) is 10.5 Å². The fraction of sp³-hybridized carbons (Fsp3) is 0.417. The number of rotatable bonds is 5. The molecule has 1 amide bonds. The summed E-state index contributed by atoms with van der Waals surface area (Å²) in [6, 6.07) is 8.94. The summed E-state index contributed by atoms with van der Waals surface area (Å²) in [4.78, 5) is 11.4. The minimum absolute atomic E-state index is 0.0974. The molecule has 4 N–H and O–H groups in total. The van der Waals surface area contributed by atoms with Crippen molar-refractivity contribution in [1.82, 2.24) is 5.32 Å². The zero-order valence-corrected chi connectivity index (χ0v) is 9.80. The third-order valence-electron chi connectivity index (χ3n) is 2.38. The fourth-order valence-electron chi connectivity index (χ4n) is 1.25. The molecule has 1 aromatic carbocycles. The van der Waals surface area contributed by atoms with Gasteiger partial charge in [0.15, 0.2) is 0 Å². The van der Waals surface area contributed by atoms with E-state index in [-0.39, 0.29) is 13.2 Å². The van der Waals surface area contributed by atoms with E-state index in [1.807, 2.05) is 30.3 Å². The standard InChI is InChI=1S/C12H18N2O3/c1-9(11(15)7-13)14-12(16)17-8-10-5-3-2-4-6-10/h2-6,9,11,15H,7-8,13H2,1H3,(H,14,16). The lowest BCUT2D eigenvalue weighted by atomic mass is 10.2. The van der Waals surface area contributed by atoms with Crippen LogP contribution < -0.4 is 11.1 Å². The number of nitrogens with two attached hydrogens (primary N) is 1. The summed E-state index contributed by atoms with van der Waals surface area (Å²) in [7, 11) is 0. The van der Waals surface area contributed by atoms with Gasteiger partial charge in [-0.3, -0.25) is 0 Å². The molecule has 1 aromatic rings. The second-order valence-electron chi connectivity index (χ2n) is 3.80. The predicted octanol–water partition coefficient (Wildman–Crippen LogP) is 0.621. The highest BCUT2D eigenvalue weighted by Gasteiger charge is 2.15. The minimum atomic E-state index is -0.765. The van der Waals surface area contributed by atoms with Gasteiger partial charge >= 0.3 is 6.09 Å². The van der Waals surface area contributed by atoms with Crippen molar-refractivity contribution >= 4 is 6.09 Å². The maximum absolute atomic E-state index is 11.4. The average Bonchev–Trinajstić information content (AvgIpc) is 2.36. The van der Waals surface area contributed by atoms with Crippen LogP contribution in [0.1, 0.15) is 12.5 Å². The number of hydrogen-bond acceptors (Lipinski definition) is 4. The van der Waals surface area contributed by atoms with E-state index in [0.717, 1.165) is 5.56 Å². The Labute approximate surface area is 101 Å². The maximum atomic E-state index is 11.4. The zero-order valence-electron chi connectivity index (χ0n) is 9.80. The van der Waals surface area contributed by atoms with Gasteiger partial charge in [0.05, 0.1) is 12.1 Å². The Morgan fingerprint density at radius 1 is 1.47 bits per heavy atom. The van der Waals surface area contributed by atoms with Gasteiger partial charge in [-0.15, -0.1) is 0 Å². The van der Waals surface area contributed by atoms with Crippen molar-refractivity contribution < 1.29 is 14.6 Å². The second-order valence-corrected chi connectivity index (χ2v) is 3.80. The summed E-state index contributed by atoms with van der Waals surface area (Å²) in [6.07, 6.45) is -1.33. The number of aliphatic hydroxyl groups excluding tert-OH is 1. The van der Waals surface area contributed by atoms with Crippen LogP contribution in [0.25, 0.3) is 0 Å². The van der Waals surface area contributed by atoms with Crippen molar-refractivity contribution in [2.45, 2.75) is 25.7 Å². The first-order chi connectivity index (χ1) is 8.13. The van der Waals surface area contributed by atoms with Crippen LogP contribution in [0.5, 0.6) is 0 Å². The molecule has 0 aliphatic carbocycles. The lowest BCUT2D eigenvalue weighted by Gasteiger charge is -2.18.